The molecule has 2 atom stereocenters. The van der Waals surface area contributed by atoms with Crippen LogP contribution in [-0.2, 0) is 33.0 Å². The Morgan fingerprint density at radius 1 is 1.07 bits per heavy atom. The van der Waals surface area contributed by atoms with E-state index < -0.39 is 17.4 Å². The lowest BCUT2D eigenvalue weighted by Crippen LogP contribution is -2.50. The van der Waals surface area contributed by atoms with Gasteiger partial charge < -0.3 is 20.7 Å². The molecule has 43 heavy (non-hydrogen) atoms. The maximum absolute atomic E-state index is 14.2. The molecule has 4 rings (SSSR count). The molecule has 2 aromatic heterocycles. The van der Waals surface area contributed by atoms with E-state index in [1.165, 1.54) is 4.90 Å². The lowest BCUT2D eigenvalue weighted by Gasteiger charge is -2.31. The van der Waals surface area contributed by atoms with Crippen molar-refractivity contribution < 1.29 is 24.3 Å². The molecule has 1 aliphatic rings. The number of hydrogen-bond donors (Lipinski definition) is 4. The van der Waals surface area contributed by atoms with Gasteiger partial charge in [0.1, 0.15) is 18.4 Å². The van der Waals surface area contributed by atoms with Gasteiger partial charge in [0.05, 0.1) is 5.41 Å². The lowest BCUT2D eigenvalue weighted by atomic mass is 9.75. The van der Waals surface area contributed by atoms with E-state index in [2.05, 4.69) is 15.3 Å². The van der Waals surface area contributed by atoms with Gasteiger partial charge in [-0.25, -0.2) is 5.48 Å². The fraction of sp³-hybridized carbons (Fsp3) is 0.406. The number of nitrogens with zero attached hydrogens (tertiary/aromatic N) is 3. The van der Waals surface area contributed by atoms with Gasteiger partial charge in [-0.05, 0) is 99.2 Å². The highest BCUT2D eigenvalue weighted by molar-refractivity contribution is 5.98. The summed E-state index contributed by atoms with van der Waals surface area (Å²) in [5, 5.41) is 12.3. The second kappa shape index (κ2) is 14.7. The van der Waals surface area contributed by atoms with E-state index in [0.717, 1.165) is 22.5 Å². The number of aromatic nitrogens is 2. The predicted molar refractivity (Wildman–Crippen MR) is 160 cm³/mol. The number of hydroxylamine groups is 1. The molecule has 1 saturated heterocycles. The van der Waals surface area contributed by atoms with Crippen LogP contribution in [0.25, 0.3) is 0 Å². The normalized spacial score (nSPS) is 17.0. The first-order valence-electron chi connectivity index (χ1n) is 14.5. The van der Waals surface area contributed by atoms with Gasteiger partial charge in [-0.1, -0.05) is 12.1 Å². The third-order valence-corrected chi connectivity index (χ3v) is 7.83. The van der Waals surface area contributed by atoms with E-state index in [4.69, 9.17) is 10.5 Å². The van der Waals surface area contributed by atoms with Gasteiger partial charge in [-0.3, -0.25) is 29.6 Å². The maximum Gasteiger partial charge on any atom is 0.266 e. The molecule has 1 fully saturated rings. The van der Waals surface area contributed by atoms with Crippen LogP contribution in [0, 0.1) is 13.8 Å². The van der Waals surface area contributed by atoms with Crippen molar-refractivity contribution in [3.8, 4) is 5.75 Å². The van der Waals surface area contributed by atoms with Crippen LogP contribution in [0.2, 0.25) is 0 Å². The van der Waals surface area contributed by atoms with Crippen molar-refractivity contribution in [1.29, 1.82) is 0 Å². The summed E-state index contributed by atoms with van der Waals surface area (Å²) < 4.78 is 6.01. The topological polar surface area (TPSA) is 160 Å². The summed E-state index contributed by atoms with van der Waals surface area (Å²) in [6, 6.07) is 13.9. The van der Waals surface area contributed by atoms with Gasteiger partial charge in [0, 0.05) is 43.3 Å². The number of nitrogens with two attached hydrogens (primary N) is 1. The van der Waals surface area contributed by atoms with Crippen LogP contribution in [0.1, 0.15) is 60.2 Å². The number of carbonyl (C=O) groups is 3. The zero-order chi connectivity index (χ0) is 30.8. The average Bonchev–Trinajstić information content (AvgIpc) is 3.33. The number of rotatable bonds is 14. The Balaban J connectivity index is 1.57. The van der Waals surface area contributed by atoms with E-state index in [1.54, 1.807) is 30.0 Å². The molecule has 3 amide bonds. The van der Waals surface area contributed by atoms with Gasteiger partial charge in [0.25, 0.3) is 5.91 Å². The summed E-state index contributed by atoms with van der Waals surface area (Å²) in [5.41, 5.74) is 10.5. The van der Waals surface area contributed by atoms with Crippen molar-refractivity contribution >= 4 is 17.7 Å². The van der Waals surface area contributed by atoms with Crippen LogP contribution >= 0.6 is 0 Å². The van der Waals surface area contributed by atoms with Crippen molar-refractivity contribution in [1.82, 2.24) is 25.7 Å². The molecule has 228 valence electrons. The SMILES string of the molecule is Cc1cc(COc2ccc(C3(CC(=O)NCc4ccncc4)CCN(C(CCCCN)C(=O)NO)C3=O)cc2)cc(C)n1. The first kappa shape index (κ1) is 31.6. The summed E-state index contributed by atoms with van der Waals surface area (Å²) in [6.45, 7) is 5.25. The van der Waals surface area contributed by atoms with Crippen molar-refractivity contribution in [2.24, 2.45) is 5.73 Å². The summed E-state index contributed by atoms with van der Waals surface area (Å²) in [4.78, 5) is 50.0. The van der Waals surface area contributed by atoms with Crippen molar-refractivity contribution in [2.75, 3.05) is 13.1 Å². The largest absolute Gasteiger partial charge is 0.489 e. The number of pyridine rings is 2. The molecular weight excluding hydrogens is 548 g/mol. The molecule has 3 aromatic rings. The second-order valence-corrected chi connectivity index (χ2v) is 11.0. The summed E-state index contributed by atoms with van der Waals surface area (Å²) in [5.74, 6) is -0.658. The number of aryl methyl sites for hydroxylation is 2. The zero-order valence-corrected chi connectivity index (χ0v) is 24.7. The average molecular weight is 589 g/mol. The Labute approximate surface area is 251 Å². The minimum atomic E-state index is -1.19. The van der Waals surface area contributed by atoms with Gasteiger partial charge in [0.2, 0.25) is 11.8 Å². The van der Waals surface area contributed by atoms with Crippen LogP contribution in [0.5, 0.6) is 5.75 Å². The van der Waals surface area contributed by atoms with Gasteiger partial charge in [0.15, 0.2) is 0 Å². The van der Waals surface area contributed by atoms with Crippen LogP contribution in [-0.4, -0.2) is 56.9 Å². The van der Waals surface area contributed by atoms with Crippen LogP contribution in [0.3, 0.4) is 0 Å². The Morgan fingerprint density at radius 2 is 1.77 bits per heavy atom. The number of amides is 3. The smallest absolute Gasteiger partial charge is 0.266 e. The van der Waals surface area contributed by atoms with Gasteiger partial charge in [-0.2, -0.15) is 0 Å². The minimum Gasteiger partial charge on any atom is -0.489 e. The third-order valence-electron chi connectivity index (χ3n) is 7.83. The first-order chi connectivity index (χ1) is 20.8. The molecule has 2 unspecified atom stereocenters. The molecule has 0 saturated carbocycles. The molecule has 11 heteroatoms. The molecule has 5 N–H and O–H groups in total. The molecule has 0 spiro atoms. The Kier molecular flexibility index (Phi) is 10.8. The summed E-state index contributed by atoms with van der Waals surface area (Å²) in [6.07, 6.45) is 5.18. The highest BCUT2D eigenvalue weighted by Crippen LogP contribution is 2.41. The van der Waals surface area contributed by atoms with E-state index in [1.807, 2.05) is 50.2 Å². The van der Waals surface area contributed by atoms with Crippen molar-refractivity contribution in [3.05, 3.63) is 89.0 Å². The number of benzene rings is 1. The monoisotopic (exact) mass is 588 g/mol. The quantitative estimate of drug-likeness (QED) is 0.127. The molecule has 0 radical (unpaired) electrons. The summed E-state index contributed by atoms with van der Waals surface area (Å²) in [7, 11) is 0. The zero-order valence-electron chi connectivity index (χ0n) is 24.7. The minimum absolute atomic E-state index is 0.0978. The Bertz CT molecular complexity index is 1380. The number of likely N-dealkylation sites (tertiary alicyclic amines) is 1. The predicted octanol–water partition coefficient (Wildman–Crippen LogP) is 2.85. The van der Waals surface area contributed by atoms with E-state index in [9.17, 15) is 19.6 Å². The molecule has 11 nitrogen and oxygen atoms in total. The lowest BCUT2D eigenvalue weighted by molar-refractivity contribution is -0.145. The Morgan fingerprint density at radius 3 is 2.42 bits per heavy atom. The van der Waals surface area contributed by atoms with Crippen LogP contribution < -0.4 is 21.3 Å². The fourth-order valence-electron chi connectivity index (χ4n) is 5.69. The number of carbonyl (C=O) groups excluding carboxylic acids is 3. The second-order valence-electron chi connectivity index (χ2n) is 11.0. The summed E-state index contributed by atoms with van der Waals surface area (Å²) >= 11 is 0. The fourth-order valence-corrected chi connectivity index (χ4v) is 5.69. The maximum atomic E-state index is 14.2. The number of ether oxygens (including phenoxy) is 1. The van der Waals surface area contributed by atoms with Crippen molar-refractivity contribution in [2.45, 2.75) is 70.6 Å². The third kappa shape index (κ3) is 7.94. The molecule has 1 aromatic carbocycles. The van der Waals surface area contributed by atoms with Gasteiger partial charge >= 0.3 is 0 Å². The van der Waals surface area contributed by atoms with E-state index in [0.29, 0.717) is 56.7 Å². The van der Waals surface area contributed by atoms with Crippen LogP contribution in [0.15, 0.2) is 60.9 Å². The van der Waals surface area contributed by atoms with Gasteiger partial charge in [-0.15, -0.1) is 0 Å². The number of unbranched alkanes of at least 4 members (excludes halogenated alkanes) is 1. The first-order valence-corrected chi connectivity index (χ1v) is 14.5. The van der Waals surface area contributed by atoms with E-state index >= 15 is 0 Å². The Hall–Kier alpha value is -4.35. The van der Waals surface area contributed by atoms with Crippen molar-refractivity contribution in [3.63, 3.8) is 0 Å². The number of hydrogen-bond acceptors (Lipinski definition) is 8. The van der Waals surface area contributed by atoms with E-state index in [-0.39, 0.29) is 24.8 Å². The molecule has 0 aliphatic carbocycles. The molecule has 0 bridgehead atoms. The highest BCUT2D eigenvalue weighted by atomic mass is 16.5. The molecule has 3 heterocycles. The molecular formula is C32H40N6O5. The number of nitrogens with one attached hydrogen (secondary N) is 2. The van der Waals surface area contributed by atoms with Crippen LogP contribution in [0.4, 0.5) is 0 Å². The standard InChI is InChI=1S/C32H40N6O5/c1-22-17-25(18-23(2)36-22)21-43-27-8-6-26(7-9-27)32(19-29(39)35-20-24-10-14-34-15-11-24)12-16-38(31(32)41)28(30(40)37-42)5-3-4-13-33/h6-11,14-15,17-18,28,42H,3-5,12-13,16,19-21,33H2,1-2H3,(H,35,39)(H,37,40). The molecule has 1 aliphatic heterocycles. The highest BCUT2D eigenvalue weighted by Gasteiger charge is 2.51.